The third-order valence-corrected chi connectivity index (χ3v) is 1.39. The molecule has 2 aromatic heterocycles. The molecule has 5 nitrogen and oxygen atoms in total. The lowest BCUT2D eigenvalue weighted by atomic mass is 10.4. The highest BCUT2D eigenvalue weighted by Gasteiger charge is 2.02. The zero-order chi connectivity index (χ0) is 8.39. The highest BCUT2D eigenvalue weighted by atomic mass is 15.3. The number of rotatable bonds is 1. The molecule has 0 aliphatic rings. The van der Waals surface area contributed by atoms with Gasteiger partial charge in [0, 0.05) is 19.4 Å². The first-order chi connectivity index (χ1) is 5.86. The van der Waals surface area contributed by atoms with Crippen LogP contribution in [0.4, 0.5) is 0 Å². The largest absolute Gasteiger partial charge is 0.261 e. The number of nitrogens with zero attached hydrogens (tertiary/aromatic N) is 5. The van der Waals surface area contributed by atoms with Crippen molar-refractivity contribution in [2.45, 2.75) is 0 Å². The van der Waals surface area contributed by atoms with Gasteiger partial charge < -0.3 is 0 Å². The van der Waals surface area contributed by atoms with Crippen molar-refractivity contribution in [2.75, 3.05) is 0 Å². The molecule has 0 aromatic carbocycles. The molecule has 5 heteroatoms. The SMILES string of the molecule is Cn1cnc(-c2cnccn2)n1. The molecular weight excluding hydrogens is 154 g/mol. The number of aryl methyl sites for hydroxylation is 1. The van der Waals surface area contributed by atoms with Gasteiger partial charge in [0.15, 0.2) is 0 Å². The van der Waals surface area contributed by atoms with Crippen molar-refractivity contribution in [3.63, 3.8) is 0 Å². The van der Waals surface area contributed by atoms with E-state index < -0.39 is 0 Å². The van der Waals surface area contributed by atoms with Crippen LogP contribution in [-0.4, -0.2) is 24.7 Å². The lowest BCUT2D eigenvalue weighted by molar-refractivity contribution is 0.767. The van der Waals surface area contributed by atoms with Gasteiger partial charge in [-0.25, -0.2) is 9.97 Å². The van der Waals surface area contributed by atoms with Crippen molar-refractivity contribution in [3.05, 3.63) is 24.9 Å². The van der Waals surface area contributed by atoms with E-state index in [1.54, 1.807) is 29.6 Å². The van der Waals surface area contributed by atoms with Crippen LogP contribution in [0.1, 0.15) is 0 Å². The quantitative estimate of drug-likeness (QED) is 0.602. The fraction of sp³-hybridized carbons (Fsp3) is 0.143. The Bertz CT molecular complexity index is 366. The molecule has 12 heavy (non-hydrogen) atoms. The van der Waals surface area contributed by atoms with Gasteiger partial charge in [0.25, 0.3) is 0 Å². The van der Waals surface area contributed by atoms with Crippen LogP contribution in [0.3, 0.4) is 0 Å². The van der Waals surface area contributed by atoms with Crippen molar-refractivity contribution in [3.8, 4) is 11.5 Å². The van der Waals surface area contributed by atoms with Gasteiger partial charge in [-0.15, -0.1) is 5.10 Å². The predicted octanol–water partition coefficient (Wildman–Crippen LogP) is 0.272. The maximum atomic E-state index is 4.08. The summed E-state index contributed by atoms with van der Waals surface area (Å²) in [6, 6.07) is 0. The van der Waals surface area contributed by atoms with Gasteiger partial charge in [-0.05, 0) is 0 Å². The van der Waals surface area contributed by atoms with Crippen LogP contribution >= 0.6 is 0 Å². The minimum absolute atomic E-state index is 0.602. The van der Waals surface area contributed by atoms with Crippen molar-refractivity contribution in [1.29, 1.82) is 0 Å². The highest BCUT2D eigenvalue weighted by Crippen LogP contribution is 2.06. The Morgan fingerprint density at radius 3 is 2.75 bits per heavy atom. The number of hydrogen-bond acceptors (Lipinski definition) is 4. The first kappa shape index (κ1) is 6.90. The number of aromatic nitrogens is 5. The maximum Gasteiger partial charge on any atom is 0.201 e. The molecule has 0 saturated carbocycles. The van der Waals surface area contributed by atoms with E-state index in [1.165, 1.54) is 0 Å². The van der Waals surface area contributed by atoms with Gasteiger partial charge in [0.1, 0.15) is 12.0 Å². The maximum absolute atomic E-state index is 4.08. The summed E-state index contributed by atoms with van der Waals surface area (Å²) in [5.74, 6) is 0.602. The zero-order valence-electron chi connectivity index (χ0n) is 6.55. The Morgan fingerprint density at radius 1 is 1.25 bits per heavy atom. The van der Waals surface area contributed by atoms with E-state index in [2.05, 4.69) is 20.1 Å². The van der Waals surface area contributed by atoms with Crippen LogP contribution in [0.2, 0.25) is 0 Å². The third-order valence-electron chi connectivity index (χ3n) is 1.39. The normalized spacial score (nSPS) is 10.1. The van der Waals surface area contributed by atoms with E-state index in [-0.39, 0.29) is 0 Å². The third kappa shape index (κ3) is 1.16. The summed E-state index contributed by atoms with van der Waals surface area (Å²) < 4.78 is 1.63. The van der Waals surface area contributed by atoms with Crippen molar-refractivity contribution < 1.29 is 0 Å². The van der Waals surface area contributed by atoms with Gasteiger partial charge >= 0.3 is 0 Å². The van der Waals surface area contributed by atoms with Gasteiger partial charge in [0.2, 0.25) is 5.82 Å². The second kappa shape index (κ2) is 2.69. The van der Waals surface area contributed by atoms with Crippen LogP contribution in [-0.2, 0) is 7.05 Å². The first-order valence-electron chi connectivity index (χ1n) is 3.48. The molecule has 0 unspecified atom stereocenters. The average Bonchev–Trinajstić information content (AvgIpc) is 2.54. The second-order valence-corrected chi connectivity index (χ2v) is 2.33. The molecule has 0 bridgehead atoms. The molecule has 0 aliphatic carbocycles. The van der Waals surface area contributed by atoms with Gasteiger partial charge in [0.05, 0.1) is 6.20 Å². The van der Waals surface area contributed by atoms with Gasteiger partial charge in [-0.2, -0.15) is 0 Å². The van der Waals surface area contributed by atoms with E-state index in [1.807, 2.05) is 7.05 Å². The van der Waals surface area contributed by atoms with Crippen molar-refractivity contribution in [2.24, 2.45) is 7.05 Å². The van der Waals surface area contributed by atoms with Crippen LogP contribution in [0.25, 0.3) is 11.5 Å². The Morgan fingerprint density at radius 2 is 2.17 bits per heavy atom. The molecule has 0 atom stereocenters. The molecule has 2 heterocycles. The predicted molar refractivity (Wildman–Crippen MR) is 42.0 cm³/mol. The lowest BCUT2D eigenvalue weighted by Gasteiger charge is -1.89. The molecule has 0 spiro atoms. The summed E-state index contributed by atoms with van der Waals surface area (Å²) in [7, 11) is 1.81. The smallest absolute Gasteiger partial charge is 0.201 e. The fourth-order valence-electron chi connectivity index (χ4n) is 0.871. The summed E-state index contributed by atoms with van der Waals surface area (Å²) in [6.45, 7) is 0. The molecule has 0 saturated heterocycles. The summed E-state index contributed by atoms with van der Waals surface area (Å²) in [5.41, 5.74) is 0.693. The topological polar surface area (TPSA) is 56.5 Å². The Kier molecular flexibility index (Phi) is 1.55. The lowest BCUT2D eigenvalue weighted by Crippen LogP contribution is -1.89. The Balaban J connectivity index is 2.45. The molecule has 0 aliphatic heterocycles. The summed E-state index contributed by atoms with van der Waals surface area (Å²) in [5, 5.41) is 4.08. The van der Waals surface area contributed by atoms with Gasteiger partial charge in [-0.3, -0.25) is 9.67 Å². The molecule has 60 valence electrons. The second-order valence-electron chi connectivity index (χ2n) is 2.33. The highest BCUT2D eigenvalue weighted by molar-refractivity contribution is 5.45. The van der Waals surface area contributed by atoms with Crippen LogP contribution < -0.4 is 0 Å². The minimum Gasteiger partial charge on any atom is -0.261 e. The van der Waals surface area contributed by atoms with E-state index in [0.29, 0.717) is 11.5 Å². The zero-order valence-corrected chi connectivity index (χ0v) is 6.55. The van der Waals surface area contributed by atoms with Crippen LogP contribution in [0.15, 0.2) is 24.9 Å². The monoisotopic (exact) mass is 161 g/mol. The molecule has 2 aromatic rings. The van der Waals surface area contributed by atoms with Crippen molar-refractivity contribution in [1.82, 2.24) is 24.7 Å². The fourth-order valence-corrected chi connectivity index (χ4v) is 0.871. The molecule has 0 fully saturated rings. The number of hydrogen-bond donors (Lipinski definition) is 0. The molecule has 0 radical (unpaired) electrons. The molecular formula is C7H7N5. The molecule has 0 amide bonds. The molecule has 0 N–H and O–H groups in total. The standard InChI is InChI=1S/C7H7N5/c1-12-5-10-7(11-12)6-4-8-2-3-9-6/h2-5H,1H3. The minimum atomic E-state index is 0.602. The summed E-state index contributed by atoms with van der Waals surface area (Å²) in [6.07, 6.45) is 6.50. The van der Waals surface area contributed by atoms with E-state index in [9.17, 15) is 0 Å². The van der Waals surface area contributed by atoms with Crippen LogP contribution in [0.5, 0.6) is 0 Å². The molecule has 2 rings (SSSR count). The van der Waals surface area contributed by atoms with Gasteiger partial charge in [-0.1, -0.05) is 0 Å². The van der Waals surface area contributed by atoms with E-state index in [4.69, 9.17) is 0 Å². The van der Waals surface area contributed by atoms with E-state index in [0.717, 1.165) is 0 Å². The Labute approximate surface area is 69.1 Å². The Hall–Kier alpha value is -1.78. The van der Waals surface area contributed by atoms with E-state index >= 15 is 0 Å². The van der Waals surface area contributed by atoms with Crippen molar-refractivity contribution >= 4 is 0 Å². The summed E-state index contributed by atoms with van der Waals surface area (Å²) in [4.78, 5) is 12.0. The van der Waals surface area contributed by atoms with Crippen LogP contribution in [0, 0.1) is 0 Å². The summed E-state index contributed by atoms with van der Waals surface area (Å²) >= 11 is 0. The first-order valence-corrected chi connectivity index (χ1v) is 3.48. The average molecular weight is 161 g/mol.